The highest BCUT2D eigenvalue weighted by molar-refractivity contribution is 5.75. The van der Waals surface area contributed by atoms with Gasteiger partial charge >= 0.3 is 5.97 Å². The molecule has 2 N–H and O–H groups in total. The molecule has 0 aliphatic rings. The molecule has 3 rings (SSSR count). The van der Waals surface area contributed by atoms with E-state index in [1.54, 1.807) is 6.92 Å². The van der Waals surface area contributed by atoms with Crippen LogP contribution in [0.3, 0.4) is 0 Å². The van der Waals surface area contributed by atoms with E-state index in [9.17, 15) is 4.79 Å². The van der Waals surface area contributed by atoms with Crippen LogP contribution in [0.2, 0.25) is 0 Å². The summed E-state index contributed by atoms with van der Waals surface area (Å²) in [6.07, 6.45) is 0.959. The largest absolute Gasteiger partial charge is 0.494 e. The van der Waals surface area contributed by atoms with Crippen molar-refractivity contribution in [2.24, 2.45) is 0 Å². The smallest absolute Gasteiger partial charge is 0.305 e. The molecule has 0 aliphatic carbocycles. The van der Waals surface area contributed by atoms with Gasteiger partial charge in [0.2, 0.25) is 0 Å². The number of carbonyl (C=O) groups excluding carboxylic acids is 1. The maximum Gasteiger partial charge on any atom is 0.305 e. The number of fused-ring (bicyclic) bond motifs is 1. The van der Waals surface area contributed by atoms with Crippen LogP contribution in [-0.2, 0) is 16.1 Å². The second-order valence-corrected chi connectivity index (χ2v) is 6.06. The maximum atomic E-state index is 11.3. The van der Waals surface area contributed by atoms with Crippen LogP contribution < -0.4 is 15.2 Å². The molecule has 7 nitrogen and oxygen atoms in total. The molecule has 2 aromatic carbocycles. The summed E-state index contributed by atoms with van der Waals surface area (Å²) in [6.45, 7) is 2.86. The van der Waals surface area contributed by atoms with Gasteiger partial charge in [-0.15, -0.1) is 0 Å². The van der Waals surface area contributed by atoms with E-state index in [1.807, 2.05) is 48.5 Å². The molecule has 7 heteroatoms. The van der Waals surface area contributed by atoms with Gasteiger partial charge in [-0.2, -0.15) is 0 Å². The molecule has 0 atom stereocenters. The number of carbonyl (C=O) groups is 1. The molecule has 0 amide bonds. The van der Waals surface area contributed by atoms with Crippen LogP contribution in [0.5, 0.6) is 11.5 Å². The average molecular weight is 381 g/mol. The Labute approximate surface area is 163 Å². The summed E-state index contributed by atoms with van der Waals surface area (Å²) in [5.41, 5.74) is 8.11. The molecule has 3 aromatic rings. The van der Waals surface area contributed by atoms with E-state index in [0.29, 0.717) is 49.1 Å². The lowest BCUT2D eigenvalue weighted by Crippen LogP contribution is -2.07. The molecule has 0 saturated heterocycles. The minimum absolute atomic E-state index is 0.203. The zero-order valence-electron chi connectivity index (χ0n) is 15.8. The van der Waals surface area contributed by atoms with E-state index in [4.69, 9.17) is 19.9 Å². The van der Waals surface area contributed by atoms with Gasteiger partial charge in [0, 0.05) is 6.42 Å². The first-order valence-corrected chi connectivity index (χ1v) is 9.18. The van der Waals surface area contributed by atoms with Crippen LogP contribution in [0.4, 0.5) is 5.82 Å². The number of anilines is 1. The Hall–Kier alpha value is -3.35. The first-order chi connectivity index (χ1) is 13.7. The highest BCUT2D eigenvalue weighted by Gasteiger charge is 2.07. The Kier molecular flexibility index (Phi) is 6.62. The lowest BCUT2D eigenvalue weighted by Gasteiger charge is -2.10. The zero-order chi connectivity index (χ0) is 19.8. The Bertz CT molecular complexity index is 929. The van der Waals surface area contributed by atoms with Crippen molar-refractivity contribution in [1.29, 1.82) is 0 Å². The number of nitrogens with zero attached hydrogens (tertiary/aromatic N) is 2. The molecule has 1 aromatic heterocycles. The van der Waals surface area contributed by atoms with Gasteiger partial charge < -0.3 is 19.9 Å². The van der Waals surface area contributed by atoms with E-state index in [0.717, 1.165) is 11.0 Å². The molecular weight excluding hydrogens is 358 g/mol. The second kappa shape index (κ2) is 9.55. The van der Waals surface area contributed by atoms with Crippen LogP contribution in [0.1, 0.15) is 25.5 Å². The van der Waals surface area contributed by atoms with Gasteiger partial charge in [0.05, 0.1) is 24.2 Å². The predicted molar refractivity (Wildman–Crippen MR) is 106 cm³/mol. The number of esters is 1. The molecule has 0 spiro atoms. The minimum Gasteiger partial charge on any atom is -0.494 e. The predicted octanol–water partition coefficient (Wildman–Crippen LogP) is 3.51. The van der Waals surface area contributed by atoms with Gasteiger partial charge in [0.15, 0.2) is 0 Å². The van der Waals surface area contributed by atoms with Crippen molar-refractivity contribution in [2.75, 3.05) is 18.9 Å². The fourth-order valence-electron chi connectivity index (χ4n) is 2.58. The third-order valence-corrected chi connectivity index (χ3v) is 3.97. The Balaban J connectivity index is 1.49. The molecule has 0 fully saturated rings. The first kappa shape index (κ1) is 19.4. The lowest BCUT2D eigenvalue weighted by atomic mass is 10.3. The summed E-state index contributed by atoms with van der Waals surface area (Å²) in [5.74, 6) is 1.54. The van der Waals surface area contributed by atoms with Gasteiger partial charge in [-0.1, -0.05) is 12.1 Å². The summed E-state index contributed by atoms with van der Waals surface area (Å²) in [4.78, 5) is 20.1. The van der Waals surface area contributed by atoms with Gasteiger partial charge in [0.1, 0.15) is 29.6 Å². The Morgan fingerprint density at radius 3 is 2.29 bits per heavy atom. The van der Waals surface area contributed by atoms with Crippen molar-refractivity contribution in [2.45, 2.75) is 26.4 Å². The van der Waals surface area contributed by atoms with Crippen LogP contribution in [0.25, 0.3) is 11.0 Å². The summed E-state index contributed by atoms with van der Waals surface area (Å²) in [7, 11) is 0. The summed E-state index contributed by atoms with van der Waals surface area (Å²) >= 11 is 0. The number of aromatic nitrogens is 2. The van der Waals surface area contributed by atoms with Crippen LogP contribution >= 0.6 is 0 Å². The minimum atomic E-state index is -0.203. The zero-order valence-corrected chi connectivity index (χ0v) is 15.8. The van der Waals surface area contributed by atoms with Gasteiger partial charge in [-0.05, 0) is 49.7 Å². The van der Waals surface area contributed by atoms with Crippen LogP contribution in [0, 0.1) is 0 Å². The summed E-state index contributed by atoms with van der Waals surface area (Å²) < 4.78 is 16.3. The fraction of sp³-hybridized carbons (Fsp3) is 0.286. The Morgan fingerprint density at radius 1 is 0.964 bits per heavy atom. The highest BCUT2D eigenvalue weighted by atomic mass is 16.5. The summed E-state index contributed by atoms with van der Waals surface area (Å²) in [5, 5.41) is 0. The first-order valence-electron chi connectivity index (χ1n) is 9.18. The van der Waals surface area contributed by atoms with Gasteiger partial charge in [-0.3, -0.25) is 4.79 Å². The number of ether oxygens (including phenoxy) is 3. The van der Waals surface area contributed by atoms with Crippen molar-refractivity contribution < 1.29 is 19.0 Å². The number of nitrogens with two attached hydrogens (primary N) is 1. The fourth-order valence-corrected chi connectivity index (χ4v) is 2.58. The normalized spacial score (nSPS) is 10.6. The molecule has 0 radical (unpaired) electrons. The maximum absolute atomic E-state index is 11.3. The van der Waals surface area contributed by atoms with Crippen molar-refractivity contribution in [3.63, 3.8) is 0 Å². The molecule has 0 unspecified atom stereocenters. The van der Waals surface area contributed by atoms with E-state index in [1.165, 1.54) is 0 Å². The van der Waals surface area contributed by atoms with E-state index >= 15 is 0 Å². The molecule has 146 valence electrons. The second-order valence-electron chi connectivity index (χ2n) is 6.06. The molecule has 0 bridgehead atoms. The SMILES string of the molecule is CCOC(=O)CCCOc1ccc(OCc2nc3ccccc3nc2N)cc1. The van der Waals surface area contributed by atoms with Crippen LogP contribution in [0.15, 0.2) is 48.5 Å². The number of rotatable bonds is 9. The average Bonchev–Trinajstić information content (AvgIpc) is 2.71. The van der Waals surface area contributed by atoms with Crippen molar-refractivity contribution in [1.82, 2.24) is 9.97 Å². The van der Waals surface area contributed by atoms with Crippen molar-refractivity contribution >= 4 is 22.8 Å². The number of nitrogen functional groups attached to an aromatic ring is 1. The van der Waals surface area contributed by atoms with Crippen molar-refractivity contribution in [3.05, 3.63) is 54.2 Å². The number of hydrogen-bond acceptors (Lipinski definition) is 7. The molecule has 28 heavy (non-hydrogen) atoms. The third-order valence-electron chi connectivity index (χ3n) is 3.97. The molecule has 1 heterocycles. The topological polar surface area (TPSA) is 96.6 Å². The van der Waals surface area contributed by atoms with E-state index < -0.39 is 0 Å². The van der Waals surface area contributed by atoms with E-state index in [2.05, 4.69) is 9.97 Å². The van der Waals surface area contributed by atoms with Gasteiger partial charge in [0.25, 0.3) is 0 Å². The molecule has 0 saturated carbocycles. The van der Waals surface area contributed by atoms with E-state index in [-0.39, 0.29) is 12.6 Å². The number of para-hydroxylation sites is 2. The lowest BCUT2D eigenvalue weighted by molar-refractivity contribution is -0.143. The standard InChI is InChI=1S/C21H23N3O4/c1-2-26-20(25)8-5-13-27-15-9-11-16(12-10-15)28-14-19-21(22)24-18-7-4-3-6-17(18)23-19/h3-4,6-7,9-12H,2,5,8,13-14H2,1H3,(H2,22,24). The number of benzene rings is 2. The van der Waals surface area contributed by atoms with Crippen molar-refractivity contribution in [3.8, 4) is 11.5 Å². The highest BCUT2D eigenvalue weighted by Crippen LogP contribution is 2.20. The molecular formula is C21H23N3O4. The van der Waals surface area contributed by atoms with Gasteiger partial charge in [-0.25, -0.2) is 9.97 Å². The third kappa shape index (κ3) is 5.33. The van der Waals surface area contributed by atoms with Crippen LogP contribution in [-0.4, -0.2) is 29.2 Å². The monoisotopic (exact) mass is 381 g/mol. The number of hydrogen-bond donors (Lipinski definition) is 1. The quantitative estimate of drug-likeness (QED) is 0.447. The Morgan fingerprint density at radius 2 is 1.61 bits per heavy atom. The molecule has 0 aliphatic heterocycles. The summed E-state index contributed by atoms with van der Waals surface area (Å²) in [6, 6.07) is 14.8.